The topological polar surface area (TPSA) is 79.5 Å². The lowest BCUT2D eigenvalue weighted by Crippen LogP contribution is -2.35. The molecule has 0 fully saturated rings. The van der Waals surface area contributed by atoms with Crippen LogP contribution in [0.25, 0.3) is 16.9 Å². The molecule has 0 aromatic carbocycles. The number of nitrogens with zero attached hydrogens (tertiary/aromatic N) is 5. The minimum absolute atomic E-state index is 0.0997. The van der Waals surface area contributed by atoms with Crippen LogP contribution in [0.1, 0.15) is 28.2 Å². The van der Waals surface area contributed by atoms with Gasteiger partial charge in [-0.15, -0.1) is 0 Å². The summed E-state index contributed by atoms with van der Waals surface area (Å²) in [4.78, 5) is 19.1. The molecule has 0 spiro atoms. The summed E-state index contributed by atoms with van der Waals surface area (Å²) in [6.45, 7) is 5.23. The Balaban J connectivity index is 1.37. The Labute approximate surface area is 181 Å². The molecule has 8 heteroatoms. The van der Waals surface area contributed by atoms with Gasteiger partial charge in [0.05, 0.1) is 23.1 Å². The highest BCUT2D eigenvalue weighted by molar-refractivity contribution is 5.95. The molecule has 0 aliphatic carbocycles. The molecule has 1 N–H and O–H groups in total. The van der Waals surface area contributed by atoms with Crippen molar-refractivity contribution in [2.75, 3.05) is 25.5 Å². The van der Waals surface area contributed by atoms with Gasteiger partial charge in [0, 0.05) is 56.6 Å². The molecule has 0 unspecified atom stereocenters. The summed E-state index contributed by atoms with van der Waals surface area (Å²) in [6, 6.07) is 7.76. The minimum atomic E-state index is -0.0997. The highest BCUT2D eigenvalue weighted by atomic mass is 16.5. The average molecular weight is 420 g/mol. The van der Waals surface area contributed by atoms with Crippen molar-refractivity contribution in [3.05, 3.63) is 66.1 Å². The standard InChI is InChI=1S/C23H26N6O2/c1-16-22(17(2)31-26-16)20-15-25-21-14-18(6-13-29(20)21)23(30)24-9-5-10-28-11-7-19(8-12-28)27(3)4/h6-8,11-15H,5,9-10H2,1-4H3/p+1. The van der Waals surface area contributed by atoms with E-state index < -0.39 is 0 Å². The molecule has 4 rings (SSSR count). The summed E-state index contributed by atoms with van der Waals surface area (Å²) in [5, 5.41) is 7.01. The number of hydrogen-bond acceptors (Lipinski definition) is 5. The third kappa shape index (κ3) is 4.28. The van der Waals surface area contributed by atoms with Crippen LogP contribution in [-0.4, -0.2) is 41.1 Å². The van der Waals surface area contributed by atoms with Gasteiger partial charge in [-0.05, 0) is 26.0 Å². The van der Waals surface area contributed by atoms with Crippen LogP contribution in [-0.2, 0) is 6.54 Å². The molecule has 8 nitrogen and oxygen atoms in total. The first-order valence-corrected chi connectivity index (χ1v) is 10.3. The van der Waals surface area contributed by atoms with E-state index in [0.29, 0.717) is 17.8 Å². The minimum Gasteiger partial charge on any atom is -0.377 e. The second-order valence-electron chi connectivity index (χ2n) is 7.78. The smallest absolute Gasteiger partial charge is 0.251 e. The highest BCUT2D eigenvalue weighted by Gasteiger charge is 2.16. The Hall–Kier alpha value is -3.68. The van der Waals surface area contributed by atoms with Crippen molar-refractivity contribution in [1.82, 2.24) is 19.9 Å². The summed E-state index contributed by atoms with van der Waals surface area (Å²) in [7, 11) is 4.04. The van der Waals surface area contributed by atoms with Crippen molar-refractivity contribution in [2.24, 2.45) is 0 Å². The van der Waals surface area contributed by atoms with Crippen molar-refractivity contribution in [1.29, 1.82) is 0 Å². The monoisotopic (exact) mass is 419 g/mol. The van der Waals surface area contributed by atoms with Gasteiger partial charge in [0.25, 0.3) is 5.91 Å². The van der Waals surface area contributed by atoms with Gasteiger partial charge in [0.1, 0.15) is 18.0 Å². The molecule has 1 amide bonds. The lowest BCUT2D eigenvalue weighted by Gasteiger charge is -2.10. The zero-order chi connectivity index (χ0) is 22.0. The number of amides is 1. The summed E-state index contributed by atoms with van der Waals surface area (Å²) in [5.41, 5.74) is 5.11. The van der Waals surface area contributed by atoms with Gasteiger partial charge in [0.2, 0.25) is 0 Å². The quantitative estimate of drug-likeness (QED) is 0.368. The van der Waals surface area contributed by atoms with Crippen molar-refractivity contribution in [3.8, 4) is 11.3 Å². The number of carbonyl (C=O) groups excluding carboxylic acids is 1. The Kier molecular flexibility index (Phi) is 5.70. The van der Waals surface area contributed by atoms with Crippen LogP contribution in [0.5, 0.6) is 0 Å². The van der Waals surface area contributed by atoms with Gasteiger partial charge in [-0.2, -0.15) is 0 Å². The Morgan fingerprint density at radius 2 is 2.00 bits per heavy atom. The van der Waals surface area contributed by atoms with Crippen LogP contribution in [0.2, 0.25) is 0 Å². The van der Waals surface area contributed by atoms with Crippen LogP contribution in [0.4, 0.5) is 5.69 Å². The molecular formula is C23H27N6O2+. The number of pyridine rings is 2. The van der Waals surface area contributed by atoms with Crippen molar-refractivity contribution in [2.45, 2.75) is 26.8 Å². The third-order valence-electron chi connectivity index (χ3n) is 5.33. The molecule has 0 bridgehead atoms. The molecule has 0 aliphatic rings. The first-order chi connectivity index (χ1) is 14.9. The molecule has 0 saturated carbocycles. The predicted molar refractivity (Wildman–Crippen MR) is 118 cm³/mol. The first-order valence-electron chi connectivity index (χ1n) is 10.3. The number of aromatic nitrogens is 4. The summed E-state index contributed by atoms with van der Waals surface area (Å²) in [6.07, 6.45) is 8.60. The predicted octanol–water partition coefficient (Wildman–Crippen LogP) is 2.78. The van der Waals surface area contributed by atoms with Gasteiger partial charge in [-0.3, -0.25) is 9.20 Å². The lowest BCUT2D eigenvalue weighted by molar-refractivity contribution is -0.697. The fourth-order valence-corrected chi connectivity index (χ4v) is 3.62. The Morgan fingerprint density at radius 3 is 2.68 bits per heavy atom. The Morgan fingerprint density at radius 1 is 1.23 bits per heavy atom. The van der Waals surface area contributed by atoms with E-state index in [4.69, 9.17) is 4.52 Å². The summed E-state index contributed by atoms with van der Waals surface area (Å²) < 4.78 is 9.33. The zero-order valence-corrected chi connectivity index (χ0v) is 18.3. The molecule has 160 valence electrons. The van der Waals surface area contributed by atoms with Crippen LogP contribution >= 0.6 is 0 Å². The SMILES string of the molecule is Cc1noc(C)c1-c1cnc2cc(C(=O)NCCC[n+]3ccc(N(C)C)cc3)ccn12. The fourth-order valence-electron chi connectivity index (χ4n) is 3.62. The summed E-state index contributed by atoms with van der Waals surface area (Å²) in [5.74, 6) is 0.646. The van der Waals surface area contributed by atoms with Crippen LogP contribution in [0.15, 0.2) is 53.6 Å². The van der Waals surface area contributed by atoms with E-state index in [9.17, 15) is 4.79 Å². The number of aryl methyl sites for hydroxylation is 3. The zero-order valence-electron chi connectivity index (χ0n) is 18.3. The van der Waals surface area contributed by atoms with Gasteiger partial charge >= 0.3 is 0 Å². The van der Waals surface area contributed by atoms with Gasteiger partial charge < -0.3 is 14.7 Å². The second kappa shape index (κ2) is 8.59. The molecule has 0 aliphatic heterocycles. The number of hydrogen-bond donors (Lipinski definition) is 1. The van der Waals surface area contributed by atoms with Crippen LogP contribution in [0, 0.1) is 13.8 Å². The maximum absolute atomic E-state index is 12.6. The maximum atomic E-state index is 12.6. The Bertz CT molecular complexity index is 1190. The van der Waals surface area contributed by atoms with E-state index in [1.165, 1.54) is 0 Å². The lowest BCUT2D eigenvalue weighted by atomic mass is 10.1. The highest BCUT2D eigenvalue weighted by Crippen LogP contribution is 2.27. The number of carbonyl (C=O) groups is 1. The van der Waals surface area contributed by atoms with Gasteiger partial charge in [0.15, 0.2) is 12.4 Å². The number of fused-ring (bicyclic) bond motifs is 1. The van der Waals surface area contributed by atoms with E-state index in [0.717, 1.165) is 41.4 Å². The average Bonchev–Trinajstić information content (AvgIpc) is 3.33. The molecule has 4 heterocycles. The van der Waals surface area contributed by atoms with E-state index in [-0.39, 0.29) is 5.91 Å². The summed E-state index contributed by atoms with van der Waals surface area (Å²) >= 11 is 0. The molecule has 4 aromatic rings. The van der Waals surface area contributed by atoms with E-state index in [1.807, 2.05) is 38.5 Å². The van der Waals surface area contributed by atoms with E-state index in [1.54, 1.807) is 18.3 Å². The van der Waals surface area contributed by atoms with Crippen molar-refractivity contribution in [3.63, 3.8) is 0 Å². The molecule has 0 saturated heterocycles. The van der Waals surface area contributed by atoms with E-state index in [2.05, 4.69) is 49.5 Å². The van der Waals surface area contributed by atoms with Gasteiger partial charge in [-0.25, -0.2) is 9.55 Å². The van der Waals surface area contributed by atoms with Crippen molar-refractivity contribution >= 4 is 17.2 Å². The maximum Gasteiger partial charge on any atom is 0.251 e. The number of imidazole rings is 1. The molecule has 0 atom stereocenters. The van der Waals surface area contributed by atoms with Crippen molar-refractivity contribution < 1.29 is 13.9 Å². The number of rotatable bonds is 7. The molecular weight excluding hydrogens is 392 g/mol. The van der Waals surface area contributed by atoms with E-state index >= 15 is 0 Å². The van der Waals surface area contributed by atoms with Gasteiger partial charge in [-0.1, -0.05) is 5.16 Å². The van der Waals surface area contributed by atoms with Crippen LogP contribution < -0.4 is 14.8 Å². The normalized spacial score (nSPS) is 11.1. The number of nitrogens with one attached hydrogen (secondary N) is 1. The second-order valence-corrected chi connectivity index (χ2v) is 7.78. The third-order valence-corrected chi connectivity index (χ3v) is 5.33. The molecule has 4 aromatic heterocycles. The fraction of sp³-hybridized carbons (Fsp3) is 0.304. The molecule has 31 heavy (non-hydrogen) atoms. The first kappa shape index (κ1) is 20.6. The number of anilines is 1. The largest absolute Gasteiger partial charge is 0.377 e. The van der Waals surface area contributed by atoms with Crippen LogP contribution in [0.3, 0.4) is 0 Å². The molecule has 0 radical (unpaired) electrons.